The number of aromatic nitrogens is 3. The number of anilines is 2. The molecule has 1 saturated heterocycles. The number of hydrogen-bond donors (Lipinski definition) is 4. The van der Waals surface area contributed by atoms with Gasteiger partial charge in [0.1, 0.15) is 29.4 Å². The Morgan fingerprint density at radius 3 is 2.81 bits per heavy atom. The molecule has 36 heavy (non-hydrogen) atoms. The minimum atomic E-state index is -0.175. The summed E-state index contributed by atoms with van der Waals surface area (Å²) in [6.07, 6.45) is 4.83. The van der Waals surface area contributed by atoms with E-state index in [4.69, 9.17) is 21.0 Å². The zero-order valence-electron chi connectivity index (χ0n) is 20.4. The number of aryl methyl sites for hydroxylation is 1. The van der Waals surface area contributed by atoms with E-state index in [0.717, 1.165) is 38.3 Å². The predicted octanol–water partition coefficient (Wildman–Crippen LogP) is 1.45. The molecule has 1 aliphatic heterocycles. The van der Waals surface area contributed by atoms with E-state index in [2.05, 4.69) is 30.1 Å². The van der Waals surface area contributed by atoms with Crippen molar-refractivity contribution in [3.8, 4) is 5.75 Å². The first-order valence-corrected chi connectivity index (χ1v) is 12.8. The van der Waals surface area contributed by atoms with Gasteiger partial charge in [0.25, 0.3) is 5.91 Å². The summed E-state index contributed by atoms with van der Waals surface area (Å²) in [6, 6.07) is 7.00. The molecule has 0 atom stereocenters. The van der Waals surface area contributed by atoms with E-state index in [1.54, 1.807) is 31.2 Å². The number of hydrogen-bond acceptors (Lipinski definition) is 9. The van der Waals surface area contributed by atoms with Crippen LogP contribution in [0.25, 0.3) is 0 Å². The molecule has 192 valence electrons. The SMILES string of the molecule is C/C(=N\OCCOc1ccc(C(=O)Nc2cn(CCCN)[n+](CC3CNC3)c2)cc1)c1csc(N)n1. The van der Waals surface area contributed by atoms with Crippen LogP contribution in [0.15, 0.2) is 47.2 Å². The lowest BCUT2D eigenvalue weighted by molar-refractivity contribution is -0.781. The lowest BCUT2D eigenvalue weighted by Crippen LogP contribution is -2.54. The van der Waals surface area contributed by atoms with Gasteiger partial charge < -0.3 is 31.7 Å². The lowest BCUT2D eigenvalue weighted by Gasteiger charge is -2.23. The number of amides is 1. The fourth-order valence-corrected chi connectivity index (χ4v) is 4.27. The fraction of sp³-hybridized carbons (Fsp3) is 0.417. The summed E-state index contributed by atoms with van der Waals surface area (Å²) in [5.74, 6) is 1.07. The van der Waals surface area contributed by atoms with Crippen molar-refractivity contribution in [2.75, 3.05) is 43.9 Å². The van der Waals surface area contributed by atoms with E-state index in [0.29, 0.717) is 46.9 Å². The van der Waals surface area contributed by atoms with Crippen LogP contribution >= 0.6 is 11.3 Å². The Morgan fingerprint density at radius 1 is 1.33 bits per heavy atom. The second-order valence-corrected chi connectivity index (χ2v) is 9.46. The van der Waals surface area contributed by atoms with E-state index < -0.39 is 0 Å². The second kappa shape index (κ2) is 12.5. The normalized spacial score (nSPS) is 13.9. The molecular formula is C24H33N8O3S+. The molecule has 0 bridgehead atoms. The number of nitrogen functional groups attached to an aromatic ring is 1. The number of ether oxygens (including phenoxy) is 1. The molecule has 0 radical (unpaired) electrons. The molecule has 4 rings (SSSR count). The number of oxime groups is 1. The van der Waals surface area contributed by atoms with Crippen LogP contribution in [-0.4, -0.2) is 54.1 Å². The van der Waals surface area contributed by atoms with Crippen molar-refractivity contribution in [3.63, 3.8) is 0 Å². The number of rotatable bonds is 13. The molecule has 2 aromatic heterocycles. The third-order valence-corrected chi connectivity index (χ3v) is 6.39. The molecule has 1 amide bonds. The molecule has 1 aliphatic rings. The van der Waals surface area contributed by atoms with Crippen molar-refractivity contribution < 1.29 is 19.1 Å². The monoisotopic (exact) mass is 513 g/mol. The smallest absolute Gasteiger partial charge is 0.255 e. The number of thiazole rings is 1. The predicted molar refractivity (Wildman–Crippen MR) is 139 cm³/mol. The van der Waals surface area contributed by atoms with Crippen molar-refractivity contribution in [3.05, 3.63) is 53.3 Å². The highest BCUT2D eigenvalue weighted by molar-refractivity contribution is 7.13. The average molecular weight is 514 g/mol. The van der Waals surface area contributed by atoms with Crippen molar-refractivity contribution >= 4 is 33.8 Å². The number of nitrogens with zero attached hydrogens (tertiary/aromatic N) is 4. The van der Waals surface area contributed by atoms with E-state index in [9.17, 15) is 4.79 Å². The summed E-state index contributed by atoms with van der Waals surface area (Å²) in [4.78, 5) is 22.2. The van der Waals surface area contributed by atoms with Gasteiger partial charge in [-0.3, -0.25) is 4.79 Å². The first-order chi connectivity index (χ1) is 17.5. The van der Waals surface area contributed by atoms with Gasteiger partial charge in [-0.2, -0.15) is 4.68 Å². The molecule has 12 heteroatoms. The van der Waals surface area contributed by atoms with Gasteiger partial charge in [-0.05, 0) is 44.2 Å². The molecule has 0 aliphatic carbocycles. The topological polar surface area (TPSA) is 146 Å². The molecule has 1 aromatic carbocycles. The Labute approximate surface area is 214 Å². The van der Waals surface area contributed by atoms with Gasteiger partial charge in [0.2, 0.25) is 6.20 Å². The molecule has 1 fully saturated rings. The van der Waals surface area contributed by atoms with Crippen molar-refractivity contribution in [1.29, 1.82) is 0 Å². The summed E-state index contributed by atoms with van der Waals surface area (Å²) in [5, 5.41) is 12.6. The largest absolute Gasteiger partial charge is 0.490 e. The van der Waals surface area contributed by atoms with Crippen molar-refractivity contribution in [1.82, 2.24) is 15.0 Å². The van der Waals surface area contributed by atoms with Gasteiger partial charge in [0.15, 0.2) is 18.3 Å². The van der Waals surface area contributed by atoms with Crippen LogP contribution in [-0.2, 0) is 17.9 Å². The minimum absolute atomic E-state index is 0.175. The van der Waals surface area contributed by atoms with E-state index in [1.807, 2.05) is 17.8 Å². The molecule has 0 unspecified atom stereocenters. The highest BCUT2D eigenvalue weighted by Gasteiger charge is 2.25. The summed E-state index contributed by atoms with van der Waals surface area (Å²) < 4.78 is 9.96. The lowest BCUT2D eigenvalue weighted by atomic mass is 10.0. The first-order valence-electron chi connectivity index (χ1n) is 11.9. The fourth-order valence-electron chi connectivity index (χ4n) is 3.66. The first kappa shape index (κ1) is 25.6. The molecule has 3 aromatic rings. The Balaban J connectivity index is 1.25. The number of benzene rings is 1. The van der Waals surface area contributed by atoms with Gasteiger partial charge in [0.05, 0.1) is 12.7 Å². The standard InChI is InChI=1S/C24H32N8O3S/c1-17(22-16-36-24(26)29-22)30-35-10-9-34-21-5-3-19(4-6-21)23(33)28-20-14-31(8-2-7-25)32(15-20)13-18-11-27-12-18/h3-6,14-16,18,27H,2,7-13,25H2,1H3,(H2-,26,28,29,33)/p+1/b30-17+. The molecule has 11 nitrogen and oxygen atoms in total. The molecule has 0 spiro atoms. The summed E-state index contributed by atoms with van der Waals surface area (Å²) in [7, 11) is 0. The highest BCUT2D eigenvalue weighted by atomic mass is 32.1. The van der Waals surface area contributed by atoms with Crippen molar-refractivity contribution in [2.24, 2.45) is 16.8 Å². The number of carbonyl (C=O) groups excluding carboxylic acids is 1. The van der Waals surface area contributed by atoms with E-state index in [1.165, 1.54) is 11.3 Å². The maximum Gasteiger partial charge on any atom is 0.255 e. The molecule has 6 N–H and O–H groups in total. The van der Waals surface area contributed by atoms with Crippen LogP contribution in [0.1, 0.15) is 29.4 Å². The average Bonchev–Trinajstić information content (AvgIpc) is 3.45. The summed E-state index contributed by atoms with van der Waals surface area (Å²) in [6.45, 7) is 6.78. The van der Waals surface area contributed by atoms with Crippen LogP contribution in [0.3, 0.4) is 0 Å². The minimum Gasteiger partial charge on any atom is -0.490 e. The Kier molecular flexibility index (Phi) is 8.87. The quantitative estimate of drug-likeness (QED) is 0.117. The van der Waals surface area contributed by atoms with Gasteiger partial charge >= 0.3 is 0 Å². The van der Waals surface area contributed by atoms with Crippen molar-refractivity contribution in [2.45, 2.75) is 26.4 Å². The molecular weight excluding hydrogens is 480 g/mol. The second-order valence-electron chi connectivity index (χ2n) is 8.57. The Morgan fingerprint density at radius 2 is 2.14 bits per heavy atom. The summed E-state index contributed by atoms with van der Waals surface area (Å²) in [5.41, 5.74) is 14.0. The summed E-state index contributed by atoms with van der Waals surface area (Å²) >= 11 is 1.36. The van der Waals surface area contributed by atoms with Crippen LogP contribution < -0.4 is 31.5 Å². The number of nitrogens with two attached hydrogens (primary N) is 2. The van der Waals surface area contributed by atoms with Gasteiger partial charge in [-0.15, -0.1) is 16.0 Å². The Hall–Kier alpha value is -3.48. The van der Waals surface area contributed by atoms with Gasteiger partial charge in [0, 0.05) is 30.0 Å². The zero-order valence-corrected chi connectivity index (χ0v) is 21.2. The van der Waals surface area contributed by atoms with Crippen LogP contribution in [0, 0.1) is 5.92 Å². The van der Waals surface area contributed by atoms with Gasteiger partial charge in [-0.25, -0.2) is 4.98 Å². The number of nitrogens with one attached hydrogen (secondary N) is 2. The zero-order chi connectivity index (χ0) is 25.3. The van der Waals surface area contributed by atoms with Crippen LogP contribution in [0.5, 0.6) is 5.75 Å². The highest BCUT2D eigenvalue weighted by Crippen LogP contribution is 2.15. The van der Waals surface area contributed by atoms with Gasteiger partial charge in [-0.1, -0.05) is 5.16 Å². The van der Waals surface area contributed by atoms with E-state index >= 15 is 0 Å². The maximum atomic E-state index is 12.8. The van der Waals surface area contributed by atoms with E-state index in [-0.39, 0.29) is 12.5 Å². The maximum absolute atomic E-state index is 12.8. The third-order valence-electron chi connectivity index (χ3n) is 5.72. The number of carbonyl (C=O) groups is 1. The third kappa shape index (κ3) is 7.03. The van der Waals surface area contributed by atoms with Crippen LogP contribution in [0.2, 0.25) is 0 Å². The van der Waals surface area contributed by atoms with Crippen LogP contribution in [0.4, 0.5) is 10.8 Å². The molecule has 0 saturated carbocycles. The Bertz CT molecular complexity index is 1170. The molecule has 3 heterocycles.